The molecule has 29 heavy (non-hydrogen) atoms. The van der Waals surface area contributed by atoms with Crippen LogP contribution in [0.5, 0.6) is 5.75 Å². The molecular formula is C20H23ClIN5O2. The summed E-state index contributed by atoms with van der Waals surface area (Å²) in [6.45, 7) is 9.92. The Kier molecular flexibility index (Phi) is 6.05. The van der Waals surface area contributed by atoms with E-state index in [4.69, 9.17) is 16.3 Å². The van der Waals surface area contributed by atoms with Crippen molar-refractivity contribution in [2.75, 3.05) is 12.4 Å². The van der Waals surface area contributed by atoms with Crippen molar-refractivity contribution < 1.29 is 9.53 Å². The lowest BCUT2D eigenvalue weighted by Crippen LogP contribution is -2.28. The Morgan fingerprint density at radius 1 is 1.31 bits per heavy atom. The minimum atomic E-state index is -0.569. The summed E-state index contributed by atoms with van der Waals surface area (Å²) in [7, 11) is 1.66. The van der Waals surface area contributed by atoms with Crippen LogP contribution in [0.3, 0.4) is 0 Å². The summed E-state index contributed by atoms with van der Waals surface area (Å²) in [5.74, 6) is 0.831. The number of pyridine rings is 1. The number of hydrogen-bond donors (Lipinski definition) is 1. The highest BCUT2D eigenvalue weighted by Crippen LogP contribution is 2.31. The number of aromatic nitrogens is 4. The van der Waals surface area contributed by atoms with Crippen LogP contribution in [0, 0.1) is 22.8 Å². The van der Waals surface area contributed by atoms with Gasteiger partial charge < -0.3 is 9.30 Å². The summed E-state index contributed by atoms with van der Waals surface area (Å²) >= 11 is 8.63. The predicted octanol–water partition coefficient (Wildman–Crippen LogP) is 4.74. The number of aryl methyl sites for hydroxylation is 1. The maximum Gasteiger partial charge on any atom is 0.232 e. The van der Waals surface area contributed by atoms with Crippen molar-refractivity contribution in [2.24, 2.45) is 5.41 Å². The van der Waals surface area contributed by atoms with Gasteiger partial charge >= 0.3 is 0 Å². The van der Waals surface area contributed by atoms with E-state index in [0.29, 0.717) is 17.3 Å². The Bertz CT molecular complexity index is 1100. The maximum absolute atomic E-state index is 12.3. The van der Waals surface area contributed by atoms with E-state index in [-0.39, 0.29) is 11.9 Å². The Labute approximate surface area is 188 Å². The van der Waals surface area contributed by atoms with Crippen LogP contribution in [0.4, 0.5) is 5.95 Å². The average molecular weight is 528 g/mol. The van der Waals surface area contributed by atoms with Gasteiger partial charge in [-0.1, -0.05) is 32.4 Å². The Morgan fingerprint density at radius 3 is 2.62 bits per heavy atom. The lowest BCUT2D eigenvalue weighted by atomic mass is 9.96. The number of hydrogen-bond acceptors (Lipinski definition) is 5. The van der Waals surface area contributed by atoms with E-state index in [1.54, 1.807) is 13.3 Å². The number of rotatable bonds is 4. The summed E-state index contributed by atoms with van der Waals surface area (Å²) in [5.41, 5.74) is 2.90. The molecule has 1 amide bonds. The zero-order chi connectivity index (χ0) is 21.5. The van der Waals surface area contributed by atoms with E-state index in [0.717, 1.165) is 31.5 Å². The first kappa shape index (κ1) is 21.8. The van der Waals surface area contributed by atoms with Gasteiger partial charge in [-0.15, -0.1) is 0 Å². The summed E-state index contributed by atoms with van der Waals surface area (Å²) in [4.78, 5) is 25.7. The number of nitrogens with one attached hydrogen (secondary N) is 1. The van der Waals surface area contributed by atoms with Gasteiger partial charge in [0.2, 0.25) is 11.9 Å². The highest BCUT2D eigenvalue weighted by atomic mass is 127. The van der Waals surface area contributed by atoms with Crippen molar-refractivity contribution in [3.63, 3.8) is 0 Å². The van der Waals surface area contributed by atoms with Gasteiger partial charge in [0, 0.05) is 32.5 Å². The molecule has 3 rings (SSSR count). The molecule has 3 aromatic rings. The SMILES string of the molecule is COc1c(C)cnc(Cn2cc(I)c3c(Cl)nc(NC(=O)C(C)(C)C)nc32)c1C. The minimum Gasteiger partial charge on any atom is -0.496 e. The number of nitrogens with zero attached hydrogens (tertiary/aromatic N) is 4. The van der Waals surface area contributed by atoms with E-state index < -0.39 is 5.41 Å². The largest absolute Gasteiger partial charge is 0.496 e. The van der Waals surface area contributed by atoms with E-state index in [1.165, 1.54) is 0 Å². The first-order chi connectivity index (χ1) is 13.5. The van der Waals surface area contributed by atoms with E-state index in [2.05, 4.69) is 42.9 Å². The van der Waals surface area contributed by atoms with Crippen molar-refractivity contribution in [1.29, 1.82) is 0 Å². The number of methoxy groups -OCH3 is 1. The molecule has 0 saturated carbocycles. The highest BCUT2D eigenvalue weighted by molar-refractivity contribution is 14.1. The van der Waals surface area contributed by atoms with Crippen molar-refractivity contribution >= 4 is 57.1 Å². The fourth-order valence-corrected chi connectivity index (χ4v) is 4.21. The molecule has 3 aromatic heterocycles. The molecule has 154 valence electrons. The molecule has 0 saturated heterocycles. The second-order valence-corrected chi connectivity index (χ2v) is 9.41. The van der Waals surface area contributed by atoms with Crippen LogP contribution >= 0.6 is 34.2 Å². The van der Waals surface area contributed by atoms with Gasteiger partial charge in [0.05, 0.1) is 24.7 Å². The Balaban J connectivity index is 2.07. The monoisotopic (exact) mass is 527 g/mol. The molecule has 0 atom stereocenters. The Hall–Kier alpha value is -1.94. The normalized spacial score (nSPS) is 11.7. The van der Waals surface area contributed by atoms with Crippen LogP contribution in [0.1, 0.15) is 37.6 Å². The molecule has 7 nitrogen and oxygen atoms in total. The third-order valence-electron chi connectivity index (χ3n) is 4.60. The smallest absolute Gasteiger partial charge is 0.232 e. The molecule has 0 spiro atoms. The topological polar surface area (TPSA) is 81.9 Å². The van der Waals surface area contributed by atoms with Crippen molar-refractivity contribution in [1.82, 2.24) is 19.5 Å². The maximum atomic E-state index is 12.3. The summed E-state index contributed by atoms with van der Waals surface area (Å²) in [6, 6.07) is 0. The standard InChI is InChI=1S/C20H23ClIN5O2/c1-10-7-23-13(11(2)15(10)29-6)9-27-8-12(22)14-16(21)24-19(25-17(14)27)26-18(28)20(3,4)5/h7-8H,9H2,1-6H3,(H,24,25,26,28). The third-order valence-corrected chi connectivity index (χ3v) is 5.69. The van der Waals surface area contributed by atoms with Gasteiger partial charge in [0.1, 0.15) is 16.5 Å². The third kappa shape index (κ3) is 4.32. The van der Waals surface area contributed by atoms with Crippen molar-refractivity contribution in [2.45, 2.75) is 41.2 Å². The lowest BCUT2D eigenvalue weighted by Gasteiger charge is -2.17. The zero-order valence-electron chi connectivity index (χ0n) is 17.2. The van der Waals surface area contributed by atoms with E-state index >= 15 is 0 Å². The lowest BCUT2D eigenvalue weighted by molar-refractivity contribution is -0.123. The molecule has 0 aliphatic rings. The average Bonchev–Trinajstić information content (AvgIpc) is 2.93. The molecule has 3 heterocycles. The van der Waals surface area contributed by atoms with Gasteiger partial charge in [-0.05, 0) is 36.4 Å². The molecule has 0 unspecified atom stereocenters. The van der Waals surface area contributed by atoms with Crippen LogP contribution in [0.25, 0.3) is 11.0 Å². The molecule has 0 aliphatic carbocycles. The summed E-state index contributed by atoms with van der Waals surface area (Å²) < 4.78 is 8.40. The van der Waals surface area contributed by atoms with Crippen molar-refractivity contribution in [3.8, 4) is 5.75 Å². The molecular weight excluding hydrogens is 505 g/mol. The number of anilines is 1. The molecule has 0 bridgehead atoms. The first-order valence-corrected chi connectivity index (χ1v) is 10.5. The van der Waals surface area contributed by atoms with Crippen LogP contribution in [0.2, 0.25) is 5.15 Å². The fourth-order valence-electron chi connectivity index (χ4n) is 2.96. The van der Waals surface area contributed by atoms with Crippen LogP contribution in [-0.4, -0.2) is 32.5 Å². The highest BCUT2D eigenvalue weighted by Gasteiger charge is 2.23. The van der Waals surface area contributed by atoms with E-state index in [9.17, 15) is 4.79 Å². The molecule has 9 heteroatoms. The number of carbonyl (C=O) groups is 1. The minimum absolute atomic E-state index is 0.179. The van der Waals surface area contributed by atoms with Crippen molar-refractivity contribution in [3.05, 3.63) is 37.9 Å². The molecule has 0 aliphatic heterocycles. The van der Waals surface area contributed by atoms with Gasteiger partial charge in [-0.25, -0.2) is 0 Å². The van der Waals surface area contributed by atoms with Crippen LogP contribution in [-0.2, 0) is 11.3 Å². The van der Waals surface area contributed by atoms with Crippen LogP contribution < -0.4 is 10.1 Å². The van der Waals surface area contributed by atoms with Gasteiger partial charge in [-0.2, -0.15) is 9.97 Å². The second-order valence-electron chi connectivity index (χ2n) is 7.89. The number of amides is 1. The van der Waals surface area contributed by atoms with Gasteiger partial charge in [0.25, 0.3) is 0 Å². The number of fused-ring (bicyclic) bond motifs is 1. The second kappa shape index (κ2) is 8.06. The molecule has 0 fully saturated rings. The number of halogens is 2. The summed E-state index contributed by atoms with van der Waals surface area (Å²) in [6.07, 6.45) is 3.75. The first-order valence-electron chi connectivity index (χ1n) is 9.05. The fraction of sp³-hybridized carbons (Fsp3) is 0.400. The number of ether oxygens (including phenoxy) is 1. The van der Waals surface area contributed by atoms with Gasteiger partial charge in [0.15, 0.2) is 0 Å². The molecule has 1 N–H and O–H groups in total. The Morgan fingerprint density at radius 2 is 2.00 bits per heavy atom. The predicted molar refractivity (Wildman–Crippen MR) is 123 cm³/mol. The van der Waals surface area contributed by atoms with Crippen LogP contribution in [0.15, 0.2) is 12.4 Å². The number of carbonyl (C=O) groups excluding carboxylic acids is 1. The van der Waals surface area contributed by atoms with E-state index in [1.807, 2.05) is 45.4 Å². The molecule has 0 aromatic carbocycles. The molecule has 0 radical (unpaired) electrons. The van der Waals surface area contributed by atoms with Gasteiger partial charge in [-0.3, -0.25) is 15.1 Å². The quantitative estimate of drug-likeness (QED) is 0.391. The zero-order valence-corrected chi connectivity index (χ0v) is 20.1. The summed E-state index contributed by atoms with van der Waals surface area (Å²) in [5, 5.41) is 3.80.